The molecule has 4 rings (SSSR count). The van der Waals surface area contributed by atoms with Crippen LogP contribution in [0.15, 0.2) is 34.9 Å². The summed E-state index contributed by atoms with van der Waals surface area (Å²) < 4.78 is 11.0. The summed E-state index contributed by atoms with van der Waals surface area (Å²) in [6.07, 6.45) is 2.66. The molecular formula is C18H21N3O3. The van der Waals surface area contributed by atoms with Crippen molar-refractivity contribution in [2.24, 2.45) is 0 Å². The van der Waals surface area contributed by atoms with Gasteiger partial charge in [0.05, 0.1) is 24.4 Å². The largest absolute Gasteiger partial charge is 0.493 e. The summed E-state index contributed by atoms with van der Waals surface area (Å²) in [5.74, 6) is 1.63. The lowest BCUT2D eigenvalue weighted by atomic mass is 10.0. The van der Waals surface area contributed by atoms with Gasteiger partial charge in [0, 0.05) is 24.6 Å². The molecule has 0 saturated carbocycles. The molecule has 2 aromatic rings. The Morgan fingerprint density at radius 2 is 2.21 bits per heavy atom. The van der Waals surface area contributed by atoms with Crippen LogP contribution in [0.25, 0.3) is 0 Å². The average molecular weight is 327 g/mol. The van der Waals surface area contributed by atoms with Crippen molar-refractivity contribution in [2.45, 2.75) is 38.3 Å². The number of para-hydroxylation sites is 1. The molecule has 1 N–H and O–H groups in total. The van der Waals surface area contributed by atoms with Gasteiger partial charge < -0.3 is 19.5 Å². The fraction of sp³-hybridized carbons (Fsp3) is 0.444. The number of hydrogen-bond donors (Lipinski definition) is 1. The van der Waals surface area contributed by atoms with Gasteiger partial charge in [0.25, 0.3) is 0 Å². The molecule has 2 amide bonds. The van der Waals surface area contributed by atoms with Crippen LogP contribution in [-0.2, 0) is 0 Å². The van der Waals surface area contributed by atoms with Crippen LogP contribution in [0.5, 0.6) is 5.75 Å². The number of aryl methyl sites for hydroxylation is 1. The average Bonchev–Trinajstić information content (AvgIpc) is 3.24. The molecule has 0 spiro atoms. The van der Waals surface area contributed by atoms with E-state index in [1.54, 1.807) is 0 Å². The topological polar surface area (TPSA) is 67.6 Å². The van der Waals surface area contributed by atoms with E-state index in [0.717, 1.165) is 48.6 Å². The van der Waals surface area contributed by atoms with Gasteiger partial charge in [0.1, 0.15) is 5.75 Å². The number of nitrogens with one attached hydrogen (secondary N) is 1. The monoisotopic (exact) mass is 327 g/mol. The van der Waals surface area contributed by atoms with E-state index < -0.39 is 0 Å². The van der Waals surface area contributed by atoms with Crippen LogP contribution in [0.4, 0.5) is 4.79 Å². The molecule has 0 aliphatic carbocycles. The van der Waals surface area contributed by atoms with Crippen LogP contribution in [0.1, 0.15) is 48.4 Å². The summed E-state index contributed by atoms with van der Waals surface area (Å²) in [5, 5.41) is 7.12. The molecule has 6 heteroatoms. The Morgan fingerprint density at radius 1 is 1.33 bits per heavy atom. The maximum Gasteiger partial charge on any atom is 0.318 e. The van der Waals surface area contributed by atoms with Gasteiger partial charge in [0.2, 0.25) is 0 Å². The molecule has 0 unspecified atom stereocenters. The number of amides is 2. The Bertz CT molecular complexity index is 743. The van der Waals surface area contributed by atoms with E-state index in [1.807, 2.05) is 42.2 Å². The minimum absolute atomic E-state index is 0.0137. The third kappa shape index (κ3) is 2.72. The number of likely N-dealkylation sites (tertiary alicyclic amines) is 1. The number of urea groups is 1. The van der Waals surface area contributed by atoms with Gasteiger partial charge in [-0.05, 0) is 25.8 Å². The SMILES string of the molecule is Cc1cc([C@H]2CCCN2C(=O)N[C@@H]2CCOc3ccccc32)on1. The first-order valence-electron chi connectivity index (χ1n) is 8.44. The van der Waals surface area contributed by atoms with E-state index in [0.29, 0.717) is 6.61 Å². The lowest BCUT2D eigenvalue weighted by molar-refractivity contribution is 0.173. The number of rotatable bonds is 2. The maximum absolute atomic E-state index is 12.8. The zero-order chi connectivity index (χ0) is 16.5. The van der Waals surface area contributed by atoms with Gasteiger partial charge in [-0.15, -0.1) is 0 Å². The van der Waals surface area contributed by atoms with Crippen molar-refractivity contribution >= 4 is 6.03 Å². The number of ether oxygens (including phenoxy) is 1. The Labute approximate surface area is 140 Å². The highest BCUT2D eigenvalue weighted by Gasteiger charge is 2.34. The number of hydrogen-bond acceptors (Lipinski definition) is 4. The smallest absolute Gasteiger partial charge is 0.318 e. The van der Waals surface area contributed by atoms with E-state index in [1.165, 1.54) is 0 Å². The summed E-state index contributed by atoms with van der Waals surface area (Å²) in [6.45, 7) is 3.25. The van der Waals surface area contributed by atoms with Crippen LogP contribution in [-0.4, -0.2) is 29.2 Å². The van der Waals surface area contributed by atoms with Gasteiger partial charge in [-0.2, -0.15) is 0 Å². The molecule has 2 aliphatic rings. The number of fused-ring (bicyclic) bond motifs is 1. The molecule has 126 valence electrons. The van der Waals surface area contributed by atoms with Gasteiger partial charge in [-0.25, -0.2) is 4.79 Å². The fourth-order valence-electron chi connectivity index (χ4n) is 3.57. The third-order valence-corrected chi connectivity index (χ3v) is 4.74. The van der Waals surface area contributed by atoms with Gasteiger partial charge in [-0.3, -0.25) is 0 Å². The molecule has 1 saturated heterocycles. The standard InChI is InChI=1S/C18H21N3O3/c1-12-11-17(24-20-12)15-6-4-9-21(15)18(22)19-14-8-10-23-16-7-3-2-5-13(14)16/h2-3,5,7,11,14-15H,4,6,8-10H2,1H3,(H,19,22)/t14-,15-/m1/s1. The predicted octanol–water partition coefficient (Wildman–Crippen LogP) is 3.35. The van der Waals surface area contributed by atoms with Crippen molar-refractivity contribution in [2.75, 3.05) is 13.2 Å². The number of carbonyl (C=O) groups is 1. The van der Waals surface area contributed by atoms with Crippen LogP contribution in [0.3, 0.4) is 0 Å². The van der Waals surface area contributed by atoms with Crippen molar-refractivity contribution in [3.8, 4) is 5.75 Å². The Hall–Kier alpha value is -2.50. The third-order valence-electron chi connectivity index (χ3n) is 4.74. The first-order chi connectivity index (χ1) is 11.7. The van der Waals surface area contributed by atoms with E-state index in [4.69, 9.17) is 9.26 Å². The van der Waals surface area contributed by atoms with Crippen molar-refractivity contribution in [1.82, 2.24) is 15.4 Å². The summed E-state index contributed by atoms with van der Waals surface area (Å²) in [6, 6.07) is 9.72. The molecule has 3 heterocycles. The van der Waals surface area contributed by atoms with Crippen molar-refractivity contribution in [1.29, 1.82) is 0 Å². The molecule has 2 aliphatic heterocycles. The molecular weight excluding hydrogens is 306 g/mol. The molecule has 1 aromatic heterocycles. The number of benzene rings is 1. The van der Waals surface area contributed by atoms with E-state index >= 15 is 0 Å². The highest BCUT2D eigenvalue weighted by atomic mass is 16.5. The number of aromatic nitrogens is 1. The Morgan fingerprint density at radius 3 is 3.04 bits per heavy atom. The molecule has 2 atom stereocenters. The van der Waals surface area contributed by atoms with Gasteiger partial charge in [-0.1, -0.05) is 23.4 Å². The van der Waals surface area contributed by atoms with E-state index in [9.17, 15) is 4.79 Å². The first-order valence-corrected chi connectivity index (χ1v) is 8.44. The fourth-order valence-corrected chi connectivity index (χ4v) is 3.57. The van der Waals surface area contributed by atoms with Crippen molar-refractivity contribution in [3.05, 3.63) is 47.3 Å². The van der Waals surface area contributed by atoms with Gasteiger partial charge in [0.15, 0.2) is 5.76 Å². The number of carbonyl (C=O) groups excluding carboxylic acids is 1. The normalized spacial score (nSPS) is 22.8. The molecule has 6 nitrogen and oxygen atoms in total. The second-order valence-corrected chi connectivity index (χ2v) is 6.40. The summed E-state index contributed by atoms with van der Waals surface area (Å²) in [5.41, 5.74) is 1.89. The molecule has 0 bridgehead atoms. The minimum Gasteiger partial charge on any atom is -0.493 e. The maximum atomic E-state index is 12.8. The Kier molecular flexibility index (Phi) is 3.88. The zero-order valence-corrected chi connectivity index (χ0v) is 13.7. The highest BCUT2D eigenvalue weighted by molar-refractivity contribution is 5.75. The molecule has 0 radical (unpaired) electrons. The summed E-state index contributed by atoms with van der Waals surface area (Å²) in [7, 11) is 0. The highest BCUT2D eigenvalue weighted by Crippen LogP contribution is 2.35. The quantitative estimate of drug-likeness (QED) is 0.918. The van der Waals surface area contributed by atoms with E-state index in [-0.39, 0.29) is 18.1 Å². The van der Waals surface area contributed by atoms with Gasteiger partial charge >= 0.3 is 6.03 Å². The van der Waals surface area contributed by atoms with Crippen LogP contribution >= 0.6 is 0 Å². The zero-order valence-electron chi connectivity index (χ0n) is 13.7. The Balaban J connectivity index is 1.50. The second kappa shape index (κ2) is 6.19. The van der Waals surface area contributed by atoms with Crippen molar-refractivity contribution in [3.63, 3.8) is 0 Å². The lowest BCUT2D eigenvalue weighted by Crippen LogP contribution is -2.42. The van der Waals surface area contributed by atoms with Crippen LogP contribution in [0, 0.1) is 6.92 Å². The molecule has 24 heavy (non-hydrogen) atoms. The first kappa shape index (κ1) is 15.1. The van der Waals surface area contributed by atoms with Crippen LogP contribution < -0.4 is 10.1 Å². The summed E-state index contributed by atoms with van der Waals surface area (Å²) in [4.78, 5) is 14.7. The van der Waals surface area contributed by atoms with Crippen LogP contribution in [0.2, 0.25) is 0 Å². The van der Waals surface area contributed by atoms with Crippen molar-refractivity contribution < 1.29 is 14.1 Å². The summed E-state index contributed by atoms with van der Waals surface area (Å²) >= 11 is 0. The number of nitrogens with zero attached hydrogens (tertiary/aromatic N) is 2. The minimum atomic E-state index is -0.0479. The lowest BCUT2D eigenvalue weighted by Gasteiger charge is -2.30. The molecule has 1 fully saturated rings. The predicted molar refractivity (Wildman–Crippen MR) is 87.7 cm³/mol. The second-order valence-electron chi connectivity index (χ2n) is 6.40. The van der Waals surface area contributed by atoms with E-state index in [2.05, 4.69) is 10.5 Å². The molecule has 1 aromatic carbocycles.